The van der Waals surface area contributed by atoms with Gasteiger partial charge in [-0.2, -0.15) is 0 Å². The second-order valence-corrected chi connectivity index (χ2v) is 6.96. The lowest BCUT2D eigenvalue weighted by Crippen LogP contribution is -2.42. The van der Waals surface area contributed by atoms with Gasteiger partial charge < -0.3 is 14.7 Å². The maximum atomic E-state index is 13.4. The van der Waals surface area contributed by atoms with Gasteiger partial charge in [0.2, 0.25) is 0 Å². The van der Waals surface area contributed by atoms with E-state index in [4.69, 9.17) is 4.52 Å². The molecule has 1 saturated carbocycles. The van der Waals surface area contributed by atoms with Crippen molar-refractivity contribution in [2.75, 3.05) is 19.6 Å². The van der Waals surface area contributed by atoms with Gasteiger partial charge in [0.05, 0.1) is 16.6 Å². The smallest absolute Gasteiger partial charge is 0.259 e. The third kappa shape index (κ3) is 2.69. The van der Waals surface area contributed by atoms with Crippen LogP contribution in [0.1, 0.15) is 60.3 Å². The second kappa shape index (κ2) is 6.16. The van der Waals surface area contributed by atoms with Crippen LogP contribution >= 0.6 is 0 Å². The number of carbonyl (C=O) groups excluding carboxylic acids is 1. The fraction of sp³-hybridized carbons (Fsp3) is 0.611. The van der Waals surface area contributed by atoms with Crippen LogP contribution in [0, 0.1) is 6.92 Å². The van der Waals surface area contributed by atoms with Gasteiger partial charge in [-0.25, -0.2) is 4.98 Å². The van der Waals surface area contributed by atoms with Crippen LogP contribution in [0.25, 0.3) is 11.1 Å². The highest BCUT2D eigenvalue weighted by atomic mass is 16.5. The van der Waals surface area contributed by atoms with E-state index in [0.717, 1.165) is 62.1 Å². The standard InChI is InChI=1S/C18H24N4O2/c1-3-8-22(13-6-7-19-10-13)18(23)14-9-15(12-4-5-12)20-17-16(14)11(2)21-24-17/h9,12-13,19H,3-8,10H2,1-2H3. The number of hydrogen-bond acceptors (Lipinski definition) is 5. The highest BCUT2D eigenvalue weighted by Crippen LogP contribution is 2.40. The molecule has 2 fully saturated rings. The lowest BCUT2D eigenvalue weighted by atomic mass is 10.0. The summed E-state index contributed by atoms with van der Waals surface area (Å²) in [6.07, 6.45) is 4.25. The molecule has 24 heavy (non-hydrogen) atoms. The first-order chi connectivity index (χ1) is 11.7. The van der Waals surface area contributed by atoms with Crippen LogP contribution in [0.15, 0.2) is 10.6 Å². The Morgan fingerprint density at radius 2 is 2.25 bits per heavy atom. The Kier molecular flexibility index (Phi) is 4.00. The van der Waals surface area contributed by atoms with Crippen molar-refractivity contribution in [2.45, 2.75) is 51.5 Å². The van der Waals surface area contributed by atoms with E-state index < -0.39 is 0 Å². The van der Waals surface area contributed by atoms with Crippen LogP contribution in [-0.4, -0.2) is 46.6 Å². The molecule has 1 amide bonds. The van der Waals surface area contributed by atoms with Crippen LogP contribution in [0.4, 0.5) is 0 Å². The van der Waals surface area contributed by atoms with Gasteiger partial charge in [-0.3, -0.25) is 4.79 Å². The lowest BCUT2D eigenvalue weighted by molar-refractivity contribution is 0.0694. The van der Waals surface area contributed by atoms with E-state index in [0.29, 0.717) is 17.2 Å². The maximum absolute atomic E-state index is 13.4. The van der Waals surface area contributed by atoms with Crippen molar-refractivity contribution in [2.24, 2.45) is 0 Å². The quantitative estimate of drug-likeness (QED) is 0.913. The van der Waals surface area contributed by atoms with Crippen molar-refractivity contribution in [3.63, 3.8) is 0 Å². The molecule has 0 aromatic carbocycles. The van der Waals surface area contributed by atoms with Crippen LogP contribution < -0.4 is 5.32 Å². The van der Waals surface area contributed by atoms with E-state index in [1.165, 1.54) is 0 Å². The molecule has 1 unspecified atom stereocenters. The van der Waals surface area contributed by atoms with Crippen molar-refractivity contribution in [1.29, 1.82) is 0 Å². The summed E-state index contributed by atoms with van der Waals surface area (Å²) in [4.78, 5) is 20.0. The van der Waals surface area contributed by atoms with E-state index in [9.17, 15) is 4.79 Å². The molecule has 3 heterocycles. The van der Waals surface area contributed by atoms with E-state index in [-0.39, 0.29) is 11.9 Å². The van der Waals surface area contributed by atoms with E-state index in [1.807, 2.05) is 17.9 Å². The predicted octanol–water partition coefficient (Wildman–Crippen LogP) is 2.62. The summed E-state index contributed by atoms with van der Waals surface area (Å²) in [5.41, 5.74) is 2.93. The first-order valence-corrected chi connectivity index (χ1v) is 8.97. The summed E-state index contributed by atoms with van der Waals surface area (Å²) in [6, 6.07) is 2.25. The van der Waals surface area contributed by atoms with Crippen LogP contribution in [0.5, 0.6) is 0 Å². The van der Waals surface area contributed by atoms with Gasteiger partial charge >= 0.3 is 0 Å². The Morgan fingerprint density at radius 1 is 1.42 bits per heavy atom. The zero-order valence-corrected chi connectivity index (χ0v) is 14.3. The van der Waals surface area contributed by atoms with E-state index >= 15 is 0 Å². The van der Waals surface area contributed by atoms with Gasteiger partial charge in [-0.1, -0.05) is 12.1 Å². The Bertz CT molecular complexity index is 760. The Labute approximate surface area is 141 Å². The maximum Gasteiger partial charge on any atom is 0.259 e. The molecule has 1 N–H and O–H groups in total. The second-order valence-electron chi connectivity index (χ2n) is 6.96. The molecular weight excluding hydrogens is 304 g/mol. The third-order valence-corrected chi connectivity index (χ3v) is 5.06. The highest BCUT2D eigenvalue weighted by molar-refractivity contribution is 6.06. The molecular formula is C18H24N4O2. The molecule has 128 valence electrons. The van der Waals surface area contributed by atoms with E-state index in [1.54, 1.807) is 0 Å². The van der Waals surface area contributed by atoms with Crippen molar-refractivity contribution in [3.8, 4) is 0 Å². The zero-order chi connectivity index (χ0) is 16.7. The molecule has 2 aromatic heterocycles. The fourth-order valence-electron chi connectivity index (χ4n) is 3.62. The minimum Gasteiger partial charge on any atom is -0.336 e. The summed E-state index contributed by atoms with van der Waals surface area (Å²) < 4.78 is 5.38. The summed E-state index contributed by atoms with van der Waals surface area (Å²) >= 11 is 0. The number of amides is 1. The number of hydrogen-bond donors (Lipinski definition) is 1. The number of aryl methyl sites for hydroxylation is 1. The molecule has 4 rings (SSSR count). The van der Waals surface area contributed by atoms with Gasteiger partial charge in [0, 0.05) is 30.7 Å². The summed E-state index contributed by atoms with van der Waals surface area (Å²) in [7, 11) is 0. The number of rotatable bonds is 5. The summed E-state index contributed by atoms with van der Waals surface area (Å²) in [5, 5.41) is 8.18. The largest absolute Gasteiger partial charge is 0.336 e. The minimum absolute atomic E-state index is 0.0890. The lowest BCUT2D eigenvalue weighted by Gasteiger charge is -2.28. The minimum atomic E-state index is 0.0890. The number of nitrogens with one attached hydrogen (secondary N) is 1. The van der Waals surface area contributed by atoms with Crippen molar-refractivity contribution < 1.29 is 9.32 Å². The van der Waals surface area contributed by atoms with Gasteiger partial charge in [0.25, 0.3) is 11.6 Å². The molecule has 0 radical (unpaired) electrons. The summed E-state index contributed by atoms with van der Waals surface area (Å²) in [6.45, 7) is 6.62. The molecule has 2 aliphatic rings. The first-order valence-electron chi connectivity index (χ1n) is 8.97. The molecule has 6 nitrogen and oxygen atoms in total. The SMILES string of the molecule is CCCN(C(=O)c1cc(C2CC2)nc2onc(C)c12)C1CCNC1. The van der Waals surface area contributed by atoms with Gasteiger partial charge in [-0.15, -0.1) is 0 Å². The van der Waals surface area contributed by atoms with Crippen LogP contribution in [0.2, 0.25) is 0 Å². The van der Waals surface area contributed by atoms with Crippen molar-refractivity contribution in [1.82, 2.24) is 20.4 Å². The molecule has 1 saturated heterocycles. The van der Waals surface area contributed by atoms with Gasteiger partial charge in [0.1, 0.15) is 0 Å². The molecule has 1 atom stereocenters. The monoisotopic (exact) mass is 328 g/mol. The van der Waals surface area contributed by atoms with Gasteiger partial charge in [-0.05, 0) is 45.2 Å². The van der Waals surface area contributed by atoms with E-state index in [2.05, 4.69) is 22.4 Å². The molecule has 0 bridgehead atoms. The number of aromatic nitrogens is 2. The number of nitrogens with zero attached hydrogens (tertiary/aromatic N) is 3. The topological polar surface area (TPSA) is 71.3 Å². The molecule has 1 aliphatic heterocycles. The number of carbonyl (C=O) groups is 1. The van der Waals surface area contributed by atoms with Gasteiger partial charge in [0.15, 0.2) is 0 Å². The van der Waals surface area contributed by atoms with Crippen molar-refractivity contribution in [3.05, 3.63) is 23.0 Å². The molecule has 0 spiro atoms. The predicted molar refractivity (Wildman–Crippen MR) is 91.1 cm³/mol. The average molecular weight is 328 g/mol. The van der Waals surface area contributed by atoms with Crippen LogP contribution in [-0.2, 0) is 0 Å². The molecule has 6 heteroatoms. The highest BCUT2D eigenvalue weighted by Gasteiger charge is 2.32. The molecule has 1 aliphatic carbocycles. The zero-order valence-electron chi connectivity index (χ0n) is 14.3. The fourth-order valence-corrected chi connectivity index (χ4v) is 3.62. The average Bonchev–Trinajstić information content (AvgIpc) is 3.18. The molecule has 2 aromatic rings. The number of pyridine rings is 1. The Balaban J connectivity index is 1.77. The first kappa shape index (κ1) is 15.6. The normalized spacial score (nSPS) is 20.7. The Morgan fingerprint density at radius 3 is 2.92 bits per heavy atom. The number of fused-ring (bicyclic) bond motifs is 1. The van der Waals surface area contributed by atoms with Crippen LogP contribution in [0.3, 0.4) is 0 Å². The van der Waals surface area contributed by atoms with Crippen molar-refractivity contribution >= 4 is 17.0 Å². The summed E-state index contributed by atoms with van der Waals surface area (Å²) in [5.74, 6) is 0.560. The third-order valence-electron chi connectivity index (χ3n) is 5.06. The Hall–Kier alpha value is -1.95.